The lowest BCUT2D eigenvalue weighted by Gasteiger charge is -2.04. The normalized spacial score (nSPS) is 11.2. The highest BCUT2D eigenvalue weighted by atomic mass is 32.2. The predicted molar refractivity (Wildman–Crippen MR) is 88.3 cm³/mol. The smallest absolute Gasteiger partial charge is 0.0580 e. The van der Waals surface area contributed by atoms with E-state index in [9.17, 15) is 0 Å². The van der Waals surface area contributed by atoms with E-state index in [4.69, 9.17) is 0 Å². The quantitative estimate of drug-likeness (QED) is 0.485. The molecule has 20 heavy (non-hydrogen) atoms. The van der Waals surface area contributed by atoms with E-state index < -0.39 is 0 Å². The Kier molecular flexibility index (Phi) is 5.69. The lowest BCUT2D eigenvalue weighted by Crippen LogP contribution is -2.05. The third kappa shape index (κ3) is 5.10. The molecule has 2 aromatic rings. The monoisotopic (exact) mass is 284 g/mol. The minimum absolute atomic E-state index is 0.613. The summed E-state index contributed by atoms with van der Waals surface area (Å²) < 4.78 is 0. The van der Waals surface area contributed by atoms with Crippen molar-refractivity contribution in [3.05, 3.63) is 65.7 Å². The topological polar surface area (TPSA) is 24.4 Å². The molecule has 0 amide bonds. The van der Waals surface area contributed by atoms with Crippen LogP contribution in [0.5, 0.6) is 0 Å². The van der Waals surface area contributed by atoms with Gasteiger partial charge >= 0.3 is 0 Å². The molecular formula is C17H20N2S. The Morgan fingerprint density at radius 2 is 1.75 bits per heavy atom. The van der Waals surface area contributed by atoms with Gasteiger partial charge in [0.15, 0.2) is 0 Å². The van der Waals surface area contributed by atoms with Crippen LogP contribution in [0.15, 0.2) is 64.6 Å². The van der Waals surface area contributed by atoms with Crippen LogP contribution in [0.25, 0.3) is 0 Å². The average molecular weight is 284 g/mol. The van der Waals surface area contributed by atoms with Gasteiger partial charge in [-0.1, -0.05) is 56.3 Å². The summed E-state index contributed by atoms with van der Waals surface area (Å²) in [4.78, 5) is 1.30. The lowest BCUT2D eigenvalue weighted by atomic mass is 10.2. The third-order valence-corrected chi connectivity index (χ3v) is 3.70. The molecule has 2 nitrogen and oxygen atoms in total. The first-order valence-electron chi connectivity index (χ1n) is 6.80. The van der Waals surface area contributed by atoms with Gasteiger partial charge in [0.1, 0.15) is 0 Å². The van der Waals surface area contributed by atoms with Crippen LogP contribution < -0.4 is 5.43 Å². The van der Waals surface area contributed by atoms with Gasteiger partial charge in [0, 0.05) is 10.1 Å². The predicted octanol–water partition coefficient (Wildman–Crippen LogP) is 4.31. The standard InChI is InChI=1S/C17H20N2S/c1-14(2)20-17-10-8-16(9-11-17)13-19-18-12-15-6-4-3-5-7-15/h3-11,13-14,18H,12H2,1-2H3. The maximum atomic E-state index is 4.25. The minimum atomic E-state index is 0.613. The molecule has 0 saturated heterocycles. The SMILES string of the molecule is CC(C)Sc1ccc(C=NNCc2ccccc2)cc1. The highest BCUT2D eigenvalue weighted by molar-refractivity contribution is 7.99. The van der Waals surface area contributed by atoms with E-state index in [0.29, 0.717) is 5.25 Å². The van der Waals surface area contributed by atoms with Crippen LogP contribution in [0, 0.1) is 0 Å². The van der Waals surface area contributed by atoms with Gasteiger partial charge in [0.2, 0.25) is 0 Å². The molecule has 2 aromatic carbocycles. The highest BCUT2D eigenvalue weighted by Crippen LogP contribution is 2.22. The zero-order chi connectivity index (χ0) is 14.2. The Bertz CT molecular complexity index is 533. The van der Waals surface area contributed by atoms with Crippen LogP contribution in [0.4, 0.5) is 0 Å². The second-order valence-electron chi connectivity index (χ2n) is 4.81. The maximum absolute atomic E-state index is 4.25. The summed E-state index contributed by atoms with van der Waals surface area (Å²) >= 11 is 1.87. The van der Waals surface area contributed by atoms with Crippen LogP contribution in [0.2, 0.25) is 0 Å². The number of nitrogens with one attached hydrogen (secondary N) is 1. The van der Waals surface area contributed by atoms with Gasteiger partial charge in [-0.3, -0.25) is 0 Å². The van der Waals surface area contributed by atoms with E-state index in [1.54, 1.807) is 0 Å². The lowest BCUT2D eigenvalue weighted by molar-refractivity contribution is 0.748. The Morgan fingerprint density at radius 1 is 1.05 bits per heavy atom. The molecule has 0 saturated carbocycles. The number of benzene rings is 2. The number of hydrogen-bond donors (Lipinski definition) is 1. The number of thioether (sulfide) groups is 1. The fourth-order valence-corrected chi connectivity index (χ4v) is 2.60. The maximum Gasteiger partial charge on any atom is 0.0580 e. The third-order valence-electron chi connectivity index (χ3n) is 2.68. The fourth-order valence-electron chi connectivity index (χ4n) is 1.76. The highest BCUT2D eigenvalue weighted by Gasteiger charge is 1.97. The summed E-state index contributed by atoms with van der Waals surface area (Å²) in [5.74, 6) is 0. The van der Waals surface area contributed by atoms with Crippen molar-refractivity contribution < 1.29 is 0 Å². The molecule has 0 aliphatic rings. The molecule has 3 heteroatoms. The molecular weight excluding hydrogens is 264 g/mol. The Hall–Kier alpha value is -1.74. The summed E-state index contributed by atoms with van der Waals surface area (Å²) in [5.41, 5.74) is 5.40. The molecule has 2 rings (SSSR count). The molecule has 0 aromatic heterocycles. The van der Waals surface area contributed by atoms with Crippen molar-refractivity contribution in [2.45, 2.75) is 30.5 Å². The molecule has 0 bridgehead atoms. The average Bonchev–Trinajstić information content (AvgIpc) is 2.46. The van der Waals surface area contributed by atoms with Crippen LogP contribution >= 0.6 is 11.8 Å². The summed E-state index contributed by atoms with van der Waals surface area (Å²) in [6, 6.07) is 18.7. The zero-order valence-corrected chi connectivity index (χ0v) is 12.7. The molecule has 0 fully saturated rings. The largest absolute Gasteiger partial charge is 0.306 e. The van der Waals surface area contributed by atoms with Gasteiger partial charge in [0.05, 0.1) is 12.8 Å². The van der Waals surface area contributed by atoms with Crippen molar-refractivity contribution in [1.82, 2.24) is 5.43 Å². The molecule has 0 atom stereocenters. The van der Waals surface area contributed by atoms with E-state index in [-0.39, 0.29) is 0 Å². The van der Waals surface area contributed by atoms with Crippen LogP contribution in [-0.2, 0) is 6.54 Å². The zero-order valence-electron chi connectivity index (χ0n) is 11.9. The minimum Gasteiger partial charge on any atom is -0.306 e. The molecule has 1 N–H and O–H groups in total. The summed E-state index contributed by atoms with van der Waals surface area (Å²) in [7, 11) is 0. The number of nitrogens with zero attached hydrogens (tertiary/aromatic N) is 1. The van der Waals surface area contributed by atoms with Crippen LogP contribution in [-0.4, -0.2) is 11.5 Å². The van der Waals surface area contributed by atoms with E-state index in [1.165, 1.54) is 10.5 Å². The van der Waals surface area contributed by atoms with E-state index >= 15 is 0 Å². The van der Waals surface area contributed by atoms with Crippen molar-refractivity contribution in [2.75, 3.05) is 0 Å². The van der Waals surface area contributed by atoms with E-state index in [2.05, 4.69) is 60.8 Å². The van der Waals surface area contributed by atoms with Crippen LogP contribution in [0.3, 0.4) is 0 Å². The van der Waals surface area contributed by atoms with Crippen molar-refractivity contribution in [2.24, 2.45) is 5.10 Å². The molecule has 0 radical (unpaired) electrons. The first-order valence-corrected chi connectivity index (χ1v) is 7.68. The summed E-state index contributed by atoms with van der Waals surface area (Å²) in [6.07, 6.45) is 1.85. The van der Waals surface area contributed by atoms with Crippen molar-refractivity contribution in [3.8, 4) is 0 Å². The number of hydrogen-bond acceptors (Lipinski definition) is 3. The van der Waals surface area contributed by atoms with Crippen molar-refractivity contribution in [3.63, 3.8) is 0 Å². The summed E-state index contributed by atoms with van der Waals surface area (Å²) in [5, 5.41) is 4.86. The van der Waals surface area contributed by atoms with Crippen molar-refractivity contribution in [1.29, 1.82) is 0 Å². The fraction of sp³-hybridized carbons (Fsp3) is 0.235. The number of rotatable bonds is 6. The molecule has 104 valence electrons. The Morgan fingerprint density at radius 3 is 2.40 bits per heavy atom. The van der Waals surface area contributed by atoms with E-state index in [0.717, 1.165) is 12.1 Å². The van der Waals surface area contributed by atoms with Gasteiger partial charge in [-0.05, 0) is 23.3 Å². The molecule has 0 aliphatic heterocycles. The number of hydrazone groups is 1. The van der Waals surface area contributed by atoms with E-state index in [1.807, 2.05) is 36.2 Å². The first-order chi connectivity index (χ1) is 9.74. The molecule has 0 aliphatic carbocycles. The van der Waals surface area contributed by atoms with Gasteiger partial charge in [0.25, 0.3) is 0 Å². The van der Waals surface area contributed by atoms with Gasteiger partial charge in [-0.15, -0.1) is 11.8 Å². The molecule has 0 heterocycles. The molecule has 0 spiro atoms. The Balaban J connectivity index is 1.82. The molecule has 0 unspecified atom stereocenters. The summed E-state index contributed by atoms with van der Waals surface area (Å²) in [6.45, 7) is 5.15. The first kappa shape index (κ1) is 14.7. The second kappa shape index (κ2) is 7.75. The van der Waals surface area contributed by atoms with Crippen LogP contribution in [0.1, 0.15) is 25.0 Å². The van der Waals surface area contributed by atoms with Gasteiger partial charge < -0.3 is 5.43 Å². The Labute approximate surface area is 125 Å². The van der Waals surface area contributed by atoms with Gasteiger partial charge in [-0.2, -0.15) is 5.10 Å². The van der Waals surface area contributed by atoms with Gasteiger partial charge in [-0.25, -0.2) is 0 Å². The van der Waals surface area contributed by atoms with Crippen molar-refractivity contribution >= 4 is 18.0 Å². The second-order valence-corrected chi connectivity index (χ2v) is 6.46.